The zero-order valence-corrected chi connectivity index (χ0v) is 40.1. The molecule has 0 bridgehead atoms. The van der Waals surface area contributed by atoms with Gasteiger partial charge in [-0.05, 0) is 127 Å². The van der Waals surface area contributed by atoms with Crippen LogP contribution in [0.3, 0.4) is 0 Å². The molecule has 14 rings (SSSR count). The largest absolute Gasteiger partial charge is 0.310 e. The van der Waals surface area contributed by atoms with Crippen molar-refractivity contribution in [1.29, 1.82) is 0 Å². The number of rotatable bonds is 9. The lowest BCUT2D eigenvalue weighted by atomic mass is 9.67. The average molecular weight is 929 g/mol. The van der Waals surface area contributed by atoms with Gasteiger partial charge < -0.3 is 9.47 Å². The van der Waals surface area contributed by atoms with Crippen LogP contribution in [0, 0.1) is 0 Å². The highest BCUT2D eigenvalue weighted by Gasteiger charge is 2.46. The van der Waals surface area contributed by atoms with E-state index in [9.17, 15) is 0 Å². The monoisotopic (exact) mass is 928 g/mol. The molecule has 0 aliphatic heterocycles. The molecule has 342 valence electrons. The van der Waals surface area contributed by atoms with Gasteiger partial charge in [0.05, 0.1) is 16.4 Å². The fraction of sp³-hybridized carbons (Fsp3) is 0.0141. The van der Waals surface area contributed by atoms with Crippen LogP contribution in [0.25, 0.3) is 82.8 Å². The molecule has 0 saturated heterocycles. The van der Waals surface area contributed by atoms with Crippen LogP contribution in [0.1, 0.15) is 22.3 Å². The fourth-order valence-corrected chi connectivity index (χ4v) is 11.9. The van der Waals surface area contributed by atoms with Gasteiger partial charge in [0.15, 0.2) is 0 Å². The van der Waals surface area contributed by atoms with Crippen LogP contribution in [0.5, 0.6) is 0 Å². The molecule has 1 aliphatic carbocycles. The number of hydrogen-bond acceptors (Lipinski definition) is 1. The smallest absolute Gasteiger partial charge is 0.0714 e. The summed E-state index contributed by atoms with van der Waals surface area (Å²) >= 11 is 0. The maximum atomic E-state index is 2.46. The van der Waals surface area contributed by atoms with Crippen molar-refractivity contribution in [2.45, 2.75) is 5.41 Å². The highest BCUT2D eigenvalue weighted by Crippen LogP contribution is 2.57. The SMILES string of the molecule is c1ccc(-c2ccc(-c3ccc(N(c4ccc(-c5ccc6c7ccc8ccccc8c7n(-c7ccccc7)c6c5)cc4)c4ccc5c(c4)C(c4ccccc4)(c4ccccc4)c4ccccc4-5)cc3)cc2)cc1. The highest BCUT2D eigenvalue weighted by molar-refractivity contribution is 6.19. The summed E-state index contributed by atoms with van der Waals surface area (Å²) in [6.45, 7) is 0. The summed E-state index contributed by atoms with van der Waals surface area (Å²) in [5.74, 6) is 0. The number of anilines is 3. The van der Waals surface area contributed by atoms with Gasteiger partial charge in [-0.25, -0.2) is 0 Å². The Labute approximate surface area is 426 Å². The van der Waals surface area contributed by atoms with Gasteiger partial charge in [0.1, 0.15) is 0 Å². The number of para-hydroxylation sites is 1. The van der Waals surface area contributed by atoms with Gasteiger partial charge in [-0.3, -0.25) is 0 Å². The number of fused-ring (bicyclic) bond motifs is 8. The van der Waals surface area contributed by atoms with Crippen molar-refractivity contribution >= 4 is 49.6 Å². The zero-order chi connectivity index (χ0) is 48.3. The summed E-state index contributed by atoms with van der Waals surface area (Å²) in [6.07, 6.45) is 0. The Kier molecular flexibility index (Phi) is 10.1. The Morgan fingerprint density at radius 3 is 1.40 bits per heavy atom. The Morgan fingerprint density at radius 2 is 0.753 bits per heavy atom. The topological polar surface area (TPSA) is 8.17 Å². The lowest BCUT2D eigenvalue weighted by molar-refractivity contribution is 0.768. The van der Waals surface area contributed by atoms with E-state index in [2.05, 4.69) is 301 Å². The van der Waals surface area contributed by atoms with E-state index >= 15 is 0 Å². The Bertz CT molecular complexity index is 4100. The molecule has 0 atom stereocenters. The maximum Gasteiger partial charge on any atom is 0.0714 e. The first kappa shape index (κ1) is 42.4. The van der Waals surface area contributed by atoms with Gasteiger partial charge in [0.2, 0.25) is 0 Å². The highest BCUT2D eigenvalue weighted by atomic mass is 15.1. The summed E-state index contributed by atoms with van der Waals surface area (Å²) in [5.41, 5.74) is 21.0. The number of benzene rings is 12. The maximum absolute atomic E-state index is 2.46. The van der Waals surface area contributed by atoms with Crippen LogP contribution >= 0.6 is 0 Å². The molecule has 0 unspecified atom stereocenters. The van der Waals surface area contributed by atoms with Crippen molar-refractivity contribution in [1.82, 2.24) is 4.57 Å². The van der Waals surface area contributed by atoms with Crippen LogP contribution < -0.4 is 4.90 Å². The minimum atomic E-state index is -0.525. The molecule has 1 heterocycles. The quantitative estimate of drug-likeness (QED) is 0.140. The summed E-state index contributed by atoms with van der Waals surface area (Å²) in [7, 11) is 0. The van der Waals surface area contributed by atoms with E-state index in [1.54, 1.807) is 0 Å². The van der Waals surface area contributed by atoms with Crippen molar-refractivity contribution in [2.24, 2.45) is 0 Å². The first-order chi connectivity index (χ1) is 36.2. The molecule has 0 fully saturated rings. The van der Waals surface area contributed by atoms with Crippen molar-refractivity contribution in [2.75, 3.05) is 4.90 Å². The fourth-order valence-electron chi connectivity index (χ4n) is 11.9. The third-order valence-electron chi connectivity index (χ3n) is 15.3. The molecule has 0 spiro atoms. The second kappa shape index (κ2) is 17.4. The molecule has 2 heteroatoms. The van der Waals surface area contributed by atoms with Gasteiger partial charge in [-0.15, -0.1) is 0 Å². The van der Waals surface area contributed by atoms with E-state index in [1.165, 1.54) is 93.8 Å². The standard InChI is InChI=1S/C71H48N2/c1-5-17-49(18-6-1)50-29-31-51(32-30-50)52-33-39-59(40-34-52)72(61-43-46-64-63-27-15-16-28-67(63)71(68(64)48-61,56-20-7-2-8-21-56)57-22-9-3-10-23-57)60-41-35-53(36-42-60)55-38-44-65-66-45-37-54-19-13-14-26-62(54)70(66)73(69(65)47-55)58-24-11-4-12-25-58/h1-48H. The van der Waals surface area contributed by atoms with Crippen LogP contribution in [-0.2, 0) is 5.41 Å². The van der Waals surface area contributed by atoms with Crippen molar-refractivity contribution in [3.63, 3.8) is 0 Å². The first-order valence-corrected chi connectivity index (χ1v) is 25.2. The van der Waals surface area contributed by atoms with Crippen molar-refractivity contribution in [3.05, 3.63) is 313 Å². The lowest BCUT2D eigenvalue weighted by Crippen LogP contribution is -2.28. The number of hydrogen-bond donors (Lipinski definition) is 0. The summed E-state index contributed by atoms with van der Waals surface area (Å²) < 4.78 is 2.45. The zero-order valence-electron chi connectivity index (χ0n) is 40.1. The number of aromatic nitrogens is 1. The molecule has 1 aliphatic rings. The summed E-state index contributed by atoms with van der Waals surface area (Å²) in [5, 5.41) is 4.99. The molecule has 2 nitrogen and oxygen atoms in total. The molecule has 0 amide bonds. The van der Waals surface area contributed by atoms with E-state index in [1.807, 2.05) is 0 Å². The molecule has 1 aromatic heterocycles. The Balaban J connectivity index is 0.916. The minimum Gasteiger partial charge on any atom is -0.310 e. The predicted octanol–water partition coefficient (Wildman–Crippen LogP) is 18.8. The van der Waals surface area contributed by atoms with Crippen molar-refractivity contribution < 1.29 is 0 Å². The van der Waals surface area contributed by atoms with Crippen LogP contribution in [0.4, 0.5) is 17.1 Å². The molecular weight excluding hydrogens is 881 g/mol. The normalized spacial score (nSPS) is 12.5. The molecule has 12 aromatic carbocycles. The first-order valence-electron chi connectivity index (χ1n) is 25.2. The Morgan fingerprint density at radius 1 is 0.288 bits per heavy atom. The van der Waals surface area contributed by atoms with Crippen LogP contribution in [0.2, 0.25) is 0 Å². The molecule has 0 N–H and O–H groups in total. The van der Waals surface area contributed by atoms with Gasteiger partial charge in [-0.1, -0.05) is 237 Å². The van der Waals surface area contributed by atoms with Gasteiger partial charge in [-0.2, -0.15) is 0 Å². The van der Waals surface area contributed by atoms with E-state index < -0.39 is 5.41 Å². The second-order valence-corrected chi connectivity index (χ2v) is 19.2. The van der Waals surface area contributed by atoms with E-state index in [0.717, 1.165) is 28.3 Å². The average Bonchev–Trinajstić information content (AvgIpc) is 3.97. The summed E-state index contributed by atoms with van der Waals surface area (Å²) in [4.78, 5) is 2.43. The third-order valence-corrected chi connectivity index (χ3v) is 15.3. The summed E-state index contributed by atoms with van der Waals surface area (Å²) in [6, 6.07) is 107. The van der Waals surface area contributed by atoms with Crippen molar-refractivity contribution in [3.8, 4) is 50.2 Å². The van der Waals surface area contributed by atoms with Gasteiger partial charge >= 0.3 is 0 Å². The molecule has 0 saturated carbocycles. The minimum absolute atomic E-state index is 0.525. The molecular formula is C71H48N2. The van der Waals surface area contributed by atoms with E-state index in [0.29, 0.717) is 0 Å². The predicted molar refractivity (Wildman–Crippen MR) is 307 cm³/mol. The molecule has 13 aromatic rings. The number of nitrogens with zero attached hydrogens (tertiary/aromatic N) is 2. The Hall–Kier alpha value is -9.50. The van der Waals surface area contributed by atoms with Gasteiger partial charge in [0, 0.05) is 38.9 Å². The lowest BCUT2D eigenvalue weighted by Gasteiger charge is -2.35. The van der Waals surface area contributed by atoms with Gasteiger partial charge in [0.25, 0.3) is 0 Å². The van der Waals surface area contributed by atoms with Crippen LogP contribution in [-0.4, -0.2) is 4.57 Å². The third kappa shape index (κ3) is 6.94. The molecule has 73 heavy (non-hydrogen) atoms. The second-order valence-electron chi connectivity index (χ2n) is 19.2. The van der Waals surface area contributed by atoms with E-state index in [-0.39, 0.29) is 0 Å². The molecule has 0 radical (unpaired) electrons. The van der Waals surface area contributed by atoms with E-state index in [4.69, 9.17) is 0 Å². The van der Waals surface area contributed by atoms with Crippen LogP contribution in [0.15, 0.2) is 291 Å².